The van der Waals surface area contributed by atoms with Crippen LogP contribution < -0.4 is 10.7 Å². The number of amides is 2. The average molecular weight is 437 g/mol. The molecule has 0 aromatic heterocycles. The molecule has 0 unspecified atom stereocenters. The Morgan fingerprint density at radius 1 is 1.03 bits per heavy atom. The molecule has 2 aliphatic rings. The number of benzene rings is 2. The summed E-state index contributed by atoms with van der Waals surface area (Å²) >= 11 is 5.87. The fraction of sp³-hybridized carbons (Fsp3) is 0.250. The Morgan fingerprint density at radius 3 is 2.52 bits per heavy atom. The van der Waals surface area contributed by atoms with Gasteiger partial charge in [-0.05, 0) is 59.9 Å². The normalized spacial score (nSPS) is 18.1. The van der Waals surface area contributed by atoms with E-state index in [2.05, 4.69) is 39.0 Å². The first-order valence-electron chi connectivity index (χ1n) is 10.4. The number of allylic oxidation sites excluding steroid dienone is 2. The number of ether oxygens (including phenoxy) is 1. The summed E-state index contributed by atoms with van der Waals surface area (Å²) in [5.74, 6) is 0. The number of morpholine rings is 1. The smallest absolute Gasteiger partial charge is 0.339 e. The van der Waals surface area contributed by atoms with Crippen molar-refractivity contribution < 1.29 is 9.53 Å². The van der Waals surface area contributed by atoms with Gasteiger partial charge in [0.05, 0.1) is 19.4 Å². The number of urea groups is 1. The Kier molecular flexibility index (Phi) is 7.02. The zero-order chi connectivity index (χ0) is 21.5. The molecule has 1 heterocycles. The molecular weight excluding hydrogens is 412 g/mol. The van der Waals surface area contributed by atoms with Gasteiger partial charge >= 0.3 is 6.03 Å². The first-order valence-corrected chi connectivity index (χ1v) is 10.7. The van der Waals surface area contributed by atoms with E-state index < -0.39 is 6.03 Å². The molecular formula is C24H25ClN4O2. The third kappa shape index (κ3) is 5.75. The number of nitrogens with zero attached hydrogens (tertiary/aromatic N) is 2. The van der Waals surface area contributed by atoms with Gasteiger partial charge in [-0.2, -0.15) is 5.10 Å². The molecule has 2 aromatic rings. The summed E-state index contributed by atoms with van der Waals surface area (Å²) in [7, 11) is 0. The van der Waals surface area contributed by atoms with E-state index in [-0.39, 0.29) is 0 Å². The van der Waals surface area contributed by atoms with Crippen LogP contribution in [0.3, 0.4) is 0 Å². The lowest BCUT2D eigenvalue weighted by Crippen LogP contribution is -2.36. The minimum atomic E-state index is -0.398. The molecule has 6 nitrogen and oxygen atoms in total. The summed E-state index contributed by atoms with van der Waals surface area (Å²) < 4.78 is 5.53. The summed E-state index contributed by atoms with van der Waals surface area (Å²) in [4.78, 5) is 14.5. The Morgan fingerprint density at radius 2 is 1.77 bits per heavy atom. The van der Waals surface area contributed by atoms with Gasteiger partial charge in [0, 0.05) is 29.5 Å². The fourth-order valence-electron chi connectivity index (χ4n) is 3.78. The highest BCUT2D eigenvalue weighted by Gasteiger charge is 2.25. The van der Waals surface area contributed by atoms with Crippen molar-refractivity contribution in [2.75, 3.05) is 31.6 Å². The monoisotopic (exact) mass is 436 g/mol. The largest absolute Gasteiger partial charge is 0.378 e. The number of halogens is 1. The third-order valence-corrected chi connectivity index (χ3v) is 5.48. The second-order valence-corrected chi connectivity index (χ2v) is 7.82. The molecule has 2 N–H and O–H groups in total. The topological polar surface area (TPSA) is 66.0 Å². The van der Waals surface area contributed by atoms with E-state index in [1.165, 1.54) is 16.8 Å². The van der Waals surface area contributed by atoms with Crippen LogP contribution in [0.1, 0.15) is 18.4 Å². The SMILES string of the molecule is O=C(N/N=C/C1=C(N2CCOCC2)C(=C/c2ccccc2)/CC1)Nc1ccc(Cl)cc1. The minimum Gasteiger partial charge on any atom is -0.378 e. The number of anilines is 1. The molecule has 2 amide bonds. The maximum Gasteiger partial charge on any atom is 0.339 e. The molecule has 0 atom stereocenters. The van der Waals surface area contributed by atoms with Crippen LogP contribution in [0.2, 0.25) is 5.02 Å². The molecule has 31 heavy (non-hydrogen) atoms. The van der Waals surface area contributed by atoms with Crippen LogP contribution in [0.15, 0.2) is 76.5 Å². The quantitative estimate of drug-likeness (QED) is 0.517. The lowest BCUT2D eigenvalue weighted by molar-refractivity contribution is 0.0548. The molecule has 0 radical (unpaired) electrons. The summed E-state index contributed by atoms with van der Waals surface area (Å²) in [5.41, 5.74) is 8.00. The summed E-state index contributed by atoms with van der Waals surface area (Å²) in [6.07, 6.45) is 5.83. The highest BCUT2D eigenvalue weighted by atomic mass is 35.5. The summed E-state index contributed by atoms with van der Waals surface area (Å²) in [6.45, 7) is 3.13. The number of carbonyl (C=O) groups excluding carboxylic acids is 1. The average Bonchev–Trinajstić information content (AvgIpc) is 3.19. The van der Waals surface area contributed by atoms with Crippen LogP contribution >= 0.6 is 11.6 Å². The second kappa shape index (κ2) is 10.3. The van der Waals surface area contributed by atoms with Gasteiger partial charge in [0.1, 0.15) is 0 Å². The van der Waals surface area contributed by atoms with Crippen molar-refractivity contribution in [2.45, 2.75) is 12.8 Å². The van der Waals surface area contributed by atoms with E-state index >= 15 is 0 Å². The van der Waals surface area contributed by atoms with Crippen molar-refractivity contribution in [2.24, 2.45) is 5.10 Å². The first kappa shape index (κ1) is 21.2. The molecule has 1 saturated heterocycles. The van der Waals surface area contributed by atoms with Crippen molar-refractivity contribution in [3.8, 4) is 0 Å². The van der Waals surface area contributed by atoms with Gasteiger partial charge in [-0.3, -0.25) is 0 Å². The molecule has 160 valence electrons. The van der Waals surface area contributed by atoms with Gasteiger partial charge in [0.25, 0.3) is 0 Å². The van der Waals surface area contributed by atoms with Crippen molar-refractivity contribution in [1.82, 2.24) is 10.3 Å². The minimum absolute atomic E-state index is 0.398. The van der Waals surface area contributed by atoms with Crippen molar-refractivity contribution >= 4 is 35.6 Å². The van der Waals surface area contributed by atoms with Gasteiger partial charge in [0.15, 0.2) is 0 Å². The maximum atomic E-state index is 12.1. The van der Waals surface area contributed by atoms with E-state index in [1.807, 2.05) is 18.2 Å². The lowest BCUT2D eigenvalue weighted by atomic mass is 10.1. The molecule has 4 rings (SSSR count). The van der Waals surface area contributed by atoms with Crippen LogP contribution in [0.4, 0.5) is 10.5 Å². The predicted octanol–water partition coefficient (Wildman–Crippen LogP) is 4.91. The highest BCUT2D eigenvalue weighted by Crippen LogP contribution is 2.34. The highest BCUT2D eigenvalue weighted by molar-refractivity contribution is 6.30. The second-order valence-electron chi connectivity index (χ2n) is 7.38. The standard InChI is InChI=1S/C24H25ClN4O2/c25-21-8-10-22(11-9-21)27-24(30)28-26-17-20-7-6-19(16-18-4-2-1-3-5-18)23(20)29-12-14-31-15-13-29/h1-5,8-11,16-17H,6-7,12-15H2,(H2,27,28,30)/b19-16+,26-17+. The van der Waals surface area contributed by atoms with E-state index in [1.54, 1.807) is 30.5 Å². The van der Waals surface area contributed by atoms with Crippen LogP contribution in [-0.2, 0) is 4.74 Å². The predicted molar refractivity (Wildman–Crippen MR) is 125 cm³/mol. The number of hydrazone groups is 1. The zero-order valence-corrected chi connectivity index (χ0v) is 17.9. The van der Waals surface area contributed by atoms with E-state index in [0.29, 0.717) is 23.9 Å². The van der Waals surface area contributed by atoms with E-state index in [9.17, 15) is 4.79 Å². The molecule has 1 fully saturated rings. The van der Waals surface area contributed by atoms with Crippen LogP contribution in [-0.4, -0.2) is 43.4 Å². The first-order chi connectivity index (χ1) is 15.2. The molecule has 2 aromatic carbocycles. The fourth-order valence-corrected chi connectivity index (χ4v) is 3.91. The summed E-state index contributed by atoms with van der Waals surface area (Å²) in [6, 6.07) is 16.9. The molecule has 0 saturated carbocycles. The number of carbonyl (C=O) groups is 1. The number of hydrogen-bond donors (Lipinski definition) is 2. The van der Waals surface area contributed by atoms with Gasteiger partial charge in [-0.1, -0.05) is 41.9 Å². The van der Waals surface area contributed by atoms with Gasteiger partial charge in [0.2, 0.25) is 0 Å². The van der Waals surface area contributed by atoms with E-state index in [4.69, 9.17) is 16.3 Å². The van der Waals surface area contributed by atoms with Crippen LogP contribution in [0.25, 0.3) is 6.08 Å². The van der Waals surface area contributed by atoms with Crippen molar-refractivity contribution in [1.29, 1.82) is 0 Å². The van der Waals surface area contributed by atoms with Gasteiger partial charge in [-0.25, -0.2) is 10.2 Å². The number of hydrogen-bond acceptors (Lipinski definition) is 4. The number of rotatable bonds is 5. The van der Waals surface area contributed by atoms with E-state index in [0.717, 1.165) is 31.5 Å². The Labute approximate surface area is 187 Å². The molecule has 1 aliphatic heterocycles. The zero-order valence-electron chi connectivity index (χ0n) is 17.2. The summed E-state index contributed by atoms with van der Waals surface area (Å²) in [5, 5.41) is 7.55. The third-order valence-electron chi connectivity index (χ3n) is 5.23. The Balaban J connectivity index is 1.49. The molecule has 0 bridgehead atoms. The van der Waals surface area contributed by atoms with Crippen LogP contribution in [0, 0.1) is 0 Å². The Bertz CT molecular complexity index is 994. The Hall–Kier alpha value is -3.09. The number of nitrogens with one attached hydrogen (secondary N) is 2. The van der Waals surface area contributed by atoms with Crippen LogP contribution in [0.5, 0.6) is 0 Å². The lowest BCUT2D eigenvalue weighted by Gasteiger charge is -2.31. The molecule has 7 heteroatoms. The van der Waals surface area contributed by atoms with Crippen molar-refractivity contribution in [3.63, 3.8) is 0 Å². The molecule has 0 spiro atoms. The maximum absolute atomic E-state index is 12.1. The van der Waals surface area contributed by atoms with Gasteiger partial charge in [-0.15, -0.1) is 0 Å². The van der Waals surface area contributed by atoms with Crippen molar-refractivity contribution in [3.05, 3.63) is 82.0 Å². The van der Waals surface area contributed by atoms with Gasteiger partial charge < -0.3 is 15.0 Å². The molecule has 1 aliphatic carbocycles.